The molecular weight excluding hydrogens is 478 g/mol. The van der Waals surface area contributed by atoms with Crippen molar-refractivity contribution in [1.29, 1.82) is 0 Å². The van der Waals surface area contributed by atoms with Crippen molar-refractivity contribution < 1.29 is 9.47 Å². The van der Waals surface area contributed by atoms with Gasteiger partial charge in [-0.25, -0.2) is 4.98 Å². The number of pyridine rings is 2. The number of morpholine rings is 2. The van der Waals surface area contributed by atoms with Crippen LogP contribution in [0.4, 0.5) is 17.2 Å². The minimum absolute atomic E-state index is 0.117. The zero-order chi connectivity index (χ0) is 25.6. The maximum atomic E-state index is 6.47. The Kier molecular flexibility index (Phi) is 6.31. The van der Waals surface area contributed by atoms with Gasteiger partial charge in [0.2, 0.25) is 0 Å². The standard InChI is InChI=1S/C29H37N7O2/c1-19-14-35(25-6-5-23(30)29-22(25)3-2-9-32-29)16-21(38-19)15-34-17-26-27(18-34)37-12-11-36(26)28-7-4-20-13-31-10-8-24(20)33-28/h2-7,9,19,21,26-27,31H,8,10-18,30H2,1H3/t19-,21+,26?,27?/m1/s1. The van der Waals surface area contributed by atoms with Crippen LogP contribution in [0, 0.1) is 0 Å². The van der Waals surface area contributed by atoms with Gasteiger partial charge < -0.3 is 30.3 Å². The Morgan fingerprint density at radius 3 is 3.00 bits per heavy atom. The number of aromatic nitrogens is 2. The first-order valence-electron chi connectivity index (χ1n) is 14.0. The van der Waals surface area contributed by atoms with Crippen LogP contribution < -0.4 is 20.9 Å². The molecule has 4 aliphatic rings. The highest BCUT2D eigenvalue weighted by Gasteiger charge is 2.42. The van der Waals surface area contributed by atoms with Gasteiger partial charge in [-0.3, -0.25) is 9.88 Å². The molecule has 0 aliphatic carbocycles. The fourth-order valence-corrected chi connectivity index (χ4v) is 6.77. The molecule has 3 N–H and O–H groups in total. The van der Waals surface area contributed by atoms with Gasteiger partial charge in [0.15, 0.2) is 0 Å². The smallest absolute Gasteiger partial charge is 0.129 e. The van der Waals surface area contributed by atoms with E-state index in [-0.39, 0.29) is 18.3 Å². The average Bonchev–Trinajstić information content (AvgIpc) is 3.35. The molecule has 2 aromatic heterocycles. The third-order valence-electron chi connectivity index (χ3n) is 8.49. The fourth-order valence-electron chi connectivity index (χ4n) is 6.77. The maximum absolute atomic E-state index is 6.47. The molecule has 200 valence electrons. The second-order valence-electron chi connectivity index (χ2n) is 11.1. The van der Waals surface area contributed by atoms with Crippen molar-refractivity contribution in [3.8, 4) is 0 Å². The number of hydrogen-bond acceptors (Lipinski definition) is 9. The molecule has 0 spiro atoms. The molecule has 38 heavy (non-hydrogen) atoms. The third kappa shape index (κ3) is 4.47. The summed E-state index contributed by atoms with van der Waals surface area (Å²) in [5.41, 5.74) is 11.6. The van der Waals surface area contributed by atoms with Crippen LogP contribution in [0.1, 0.15) is 18.2 Å². The van der Waals surface area contributed by atoms with E-state index in [0.29, 0.717) is 6.04 Å². The summed E-state index contributed by atoms with van der Waals surface area (Å²) in [5, 5.41) is 4.55. The van der Waals surface area contributed by atoms with E-state index >= 15 is 0 Å². The van der Waals surface area contributed by atoms with E-state index in [1.54, 1.807) is 0 Å². The van der Waals surface area contributed by atoms with E-state index in [9.17, 15) is 0 Å². The van der Waals surface area contributed by atoms with E-state index in [0.717, 1.165) is 87.8 Å². The molecule has 4 aliphatic heterocycles. The average molecular weight is 516 g/mol. The Morgan fingerprint density at radius 1 is 1.11 bits per heavy atom. The van der Waals surface area contributed by atoms with Crippen molar-refractivity contribution in [1.82, 2.24) is 20.2 Å². The number of nitrogens with zero attached hydrogens (tertiary/aromatic N) is 5. The molecule has 3 saturated heterocycles. The quantitative estimate of drug-likeness (QED) is 0.507. The van der Waals surface area contributed by atoms with E-state index in [2.05, 4.69) is 56.2 Å². The highest BCUT2D eigenvalue weighted by Crippen LogP contribution is 2.33. The Hall–Kier alpha value is -2.98. The normalized spacial score (nSPS) is 27.9. The van der Waals surface area contributed by atoms with Crippen LogP contribution in [0.2, 0.25) is 0 Å². The van der Waals surface area contributed by atoms with Crippen molar-refractivity contribution in [2.75, 3.05) is 68.0 Å². The second kappa shape index (κ2) is 9.96. The molecule has 6 heterocycles. The zero-order valence-corrected chi connectivity index (χ0v) is 22.1. The number of nitrogens with two attached hydrogens (primary N) is 1. The van der Waals surface area contributed by atoms with E-state index in [1.807, 2.05) is 18.3 Å². The molecule has 2 unspecified atom stereocenters. The fraction of sp³-hybridized carbons (Fsp3) is 0.517. The lowest BCUT2D eigenvalue weighted by Crippen LogP contribution is -2.52. The van der Waals surface area contributed by atoms with Crippen molar-refractivity contribution in [3.63, 3.8) is 0 Å². The topological polar surface area (TPSA) is 92.0 Å². The molecule has 0 saturated carbocycles. The number of benzene rings is 1. The lowest BCUT2D eigenvalue weighted by atomic mass is 10.1. The van der Waals surface area contributed by atoms with E-state index in [4.69, 9.17) is 20.2 Å². The summed E-state index contributed by atoms with van der Waals surface area (Å²) in [5.74, 6) is 1.10. The van der Waals surface area contributed by atoms with Gasteiger partial charge in [0.1, 0.15) is 5.82 Å². The predicted molar refractivity (Wildman–Crippen MR) is 150 cm³/mol. The summed E-state index contributed by atoms with van der Waals surface area (Å²) in [6.07, 6.45) is 3.27. The SMILES string of the molecule is C[C@@H]1CN(c2ccc(N)c3ncccc23)C[C@H](CN2CC3OCCN(c4ccc5c(n4)CCNC5)C3C2)O1. The first-order chi connectivity index (χ1) is 18.6. The van der Waals surface area contributed by atoms with Crippen LogP contribution in [-0.2, 0) is 22.4 Å². The summed E-state index contributed by atoms with van der Waals surface area (Å²) in [6, 6.07) is 13.0. The molecule has 4 atom stereocenters. The summed E-state index contributed by atoms with van der Waals surface area (Å²) >= 11 is 0. The molecular formula is C29H37N7O2. The van der Waals surface area contributed by atoms with Crippen LogP contribution in [0.15, 0.2) is 42.6 Å². The number of nitrogen functional groups attached to an aromatic ring is 1. The number of nitrogens with one attached hydrogen (secondary N) is 1. The maximum Gasteiger partial charge on any atom is 0.129 e. The lowest BCUT2D eigenvalue weighted by Gasteiger charge is -2.40. The summed E-state index contributed by atoms with van der Waals surface area (Å²) in [7, 11) is 0. The van der Waals surface area contributed by atoms with Gasteiger partial charge in [-0.15, -0.1) is 0 Å². The van der Waals surface area contributed by atoms with Gasteiger partial charge in [0, 0.05) is 81.7 Å². The molecule has 3 aromatic rings. The molecule has 1 aromatic carbocycles. The number of ether oxygens (including phenoxy) is 2. The molecule has 0 bridgehead atoms. The van der Waals surface area contributed by atoms with Crippen LogP contribution in [0.25, 0.3) is 10.9 Å². The van der Waals surface area contributed by atoms with Gasteiger partial charge >= 0.3 is 0 Å². The highest BCUT2D eigenvalue weighted by atomic mass is 16.5. The van der Waals surface area contributed by atoms with E-state index in [1.165, 1.54) is 16.9 Å². The van der Waals surface area contributed by atoms with E-state index < -0.39 is 0 Å². The van der Waals surface area contributed by atoms with Crippen LogP contribution in [-0.4, -0.2) is 91.6 Å². The largest absolute Gasteiger partial charge is 0.397 e. The third-order valence-corrected chi connectivity index (χ3v) is 8.49. The first kappa shape index (κ1) is 24.1. The second-order valence-corrected chi connectivity index (χ2v) is 11.1. The van der Waals surface area contributed by atoms with Gasteiger partial charge in [-0.1, -0.05) is 6.07 Å². The number of fused-ring (bicyclic) bond motifs is 3. The number of hydrogen-bond donors (Lipinski definition) is 2. The van der Waals surface area contributed by atoms with Gasteiger partial charge in [-0.05, 0) is 42.8 Å². The van der Waals surface area contributed by atoms with Crippen molar-refractivity contribution in [2.24, 2.45) is 0 Å². The Labute approximate surface area is 223 Å². The molecule has 7 rings (SSSR count). The summed E-state index contributed by atoms with van der Waals surface area (Å²) in [4.78, 5) is 17.1. The minimum atomic E-state index is 0.117. The Morgan fingerprint density at radius 2 is 2.05 bits per heavy atom. The molecule has 3 fully saturated rings. The van der Waals surface area contributed by atoms with Crippen molar-refractivity contribution in [2.45, 2.75) is 44.2 Å². The zero-order valence-electron chi connectivity index (χ0n) is 22.1. The predicted octanol–water partition coefficient (Wildman–Crippen LogP) is 2.04. The van der Waals surface area contributed by atoms with Gasteiger partial charge in [0.05, 0.1) is 42.2 Å². The van der Waals surface area contributed by atoms with Gasteiger partial charge in [0.25, 0.3) is 0 Å². The van der Waals surface area contributed by atoms with Crippen LogP contribution >= 0.6 is 0 Å². The monoisotopic (exact) mass is 515 g/mol. The molecule has 9 nitrogen and oxygen atoms in total. The molecule has 0 radical (unpaired) electrons. The Balaban J connectivity index is 1.06. The summed E-state index contributed by atoms with van der Waals surface area (Å²) < 4.78 is 12.7. The number of likely N-dealkylation sites (tertiary alicyclic amines) is 1. The molecule has 9 heteroatoms. The highest BCUT2D eigenvalue weighted by molar-refractivity contribution is 5.98. The van der Waals surface area contributed by atoms with Crippen molar-refractivity contribution >= 4 is 28.1 Å². The van der Waals surface area contributed by atoms with Crippen molar-refractivity contribution in [3.05, 3.63) is 53.9 Å². The number of anilines is 3. The Bertz CT molecular complexity index is 1320. The van der Waals surface area contributed by atoms with Crippen LogP contribution in [0.5, 0.6) is 0 Å². The van der Waals surface area contributed by atoms with Crippen LogP contribution in [0.3, 0.4) is 0 Å². The lowest BCUT2D eigenvalue weighted by molar-refractivity contribution is -0.0317. The first-order valence-corrected chi connectivity index (χ1v) is 14.0. The summed E-state index contributed by atoms with van der Waals surface area (Å²) in [6.45, 7) is 10.2. The minimum Gasteiger partial charge on any atom is -0.397 e. The number of rotatable bonds is 4. The van der Waals surface area contributed by atoms with Gasteiger partial charge in [-0.2, -0.15) is 0 Å². The molecule has 0 amide bonds.